The number of rotatable bonds is 2. The summed E-state index contributed by atoms with van der Waals surface area (Å²) in [6.45, 7) is 1.45. The Morgan fingerprint density at radius 3 is 2.67 bits per heavy atom. The molecule has 0 aromatic carbocycles. The first-order valence-electron chi connectivity index (χ1n) is 4.88. The number of nitrogens with zero attached hydrogens (tertiary/aromatic N) is 1. The maximum Gasteiger partial charge on any atom is 0.322 e. The van der Waals surface area contributed by atoms with Gasteiger partial charge < -0.3 is 15.7 Å². The van der Waals surface area contributed by atoms with Gasteiger partial charge >= 0.3 is 5.97 Å². The van der Waals surface area contributed by atoms with Gasteiger partial charge in [0.15, 0.2) is 0 Å². The summed E-state index contributed by atoms with van der Waals surface area (Å²) >= 11 is 0. The zero-order valence-corrected chi connectivity index (χ0v) is 8.18. The van der Waals surface area contributed by atoms with Crippen LogP contribution in [0.15, 0.2) is 24.5 Å². The minimum Gasteiger partial charge on any atom is -0.480 e. The predicted octanol–water partition coefficient (Wildman–Crippen LogP) is -0.231. The first-order valence-corrected chi connectivity index (χ1v) is 4.88. The van der Waals surface area contributed by atoms with E-state index in [0.717, 1.165) is 12.1 Å². The fourth-order valence-corrected chi connectivity index (χ4v) is 1.80. The molecule has 1 aliphatic rings. The lowest BCUT2D eigenvalue weighted by Crippen LogP contribution is -2.54. The highest BCUT2D eigenvalue weighted by atomic mass is 16.4. The van der Waals surface area contributed by atoms with Crippen LogP contribution in [0.2, 0.25) is 0 Å². The van der Waals surface area contributed by atoms with Crippen molar-refractivity contribution in [3.63, 3.8) is 0 Å². The van der Waals surface area contributed by atoms with Crippen molar-refractivity contribution >= 4 is 5.97 Å². The molecule has 2 atom stereocenters. The maximum atomic E-state index is 11.0. The van der Waals surface area contributed by atoms with Gasteiger partial charge in [-0.3, -0.25) is 9.78 Å². The first-order chi connectivity index (χ1) is 7.29. The zero-order chi connectivity index (χ0) is 10.7. The van der Waals surface area contributed by atoms with Crippen molar-refractivity contribution in [3.8, 4) is 0 Å². The summed E-state index contributed by atoms with van der Waals surface area (Å²) in [6, 6.07) is 2.92. The number of nitrogens with one attached hydrogen (secondary N) is 2. The molecular weight excluding hydrogens is 194 g/mol. The molecular formula is C10H13N3O2. The summed E-state index contributed by atoms with van der Waals surface area (Å²) in [4.78, 5) is 14.9. The van der Waals surface area contributed by atoms with Crippen LogP contribution in [0.5, 0.6) is 0 Å². The van der Waals surface area contributed by atoms with Crippen LogP contribution in [0.3, 0.4) is 0 Å². The molecule has 0 aliphatic carbocycles. The maximum absolute atomic E-state index is 11.0. The molecule has 0 radical (unpaired) electrons. The predicted molar refractivity (Wildman–Crippen MR) is 54.4 cm³/mol. The molecule has 1 saturated heterocycles. The minimum absolute atomic E-state index is 0.181. The summed E-state index contributed by atoms with van der Waals surface area (Å²) in [5.74, 6) is -0.830. The summed E-state index contributed by atoms with van der Waals surface area (Å²) in [6.07, 6.45) is 3.34. The van der Waals surface area contributed by atoms with Crippen LogP contribution in [-0.4, -0.2) is 35.2 Å². The molecule has 2 rings (SSSR count). The number of carboxylic acids is 1. The van der Waals surface area contributed by atoms with Crippen LogP contribution in [0.25, 0.3) is 0 Å². The lowest BCUT2D eigenvalue weighted by atomic mass is 9.98. The van der Waals surface area contributed by atoms with E-state index in [0.29, 0.717) is 6.54 Å². The Balaban J connectivity index is 2.22. The Morgan fingerprint density at radius 2 is 2.00 bits per heavy atom. The lowest BCUT2D eigenvalue weighted by molar-refractivity contribution is -0.140. The van der Waals surface area contributed by atoms with E-state index in [9.17, 15) is 4.79 Å². The molecule has 15 heavy (non-hydrogen) atoms. The lowest BCUT2D eigenvalue weighted by Gasteiger charge is -2.31. The van der Waals surface area contributed by atoms with Gasteiger partial charge in [0.2, 0.25) is 0 Å². The van der Waals surface area contributed by atoms with Gasteiger partial charge in [-0.15, -0.1) is 0 Å². The van der Waals surface area contributed by atoms with Gasteiger partial charge in [-0.1, -0.05) is 0 Å². The van der Waals surface area contributed by atoms with Crippen molar-refractivity contribution in [1.29, 1.82) is 0 Å². The summed E-state index contributed by atoms with van der Waals surface area (Å²) in [5, 5.41) is 15.2. The average Bonchev–Trinajstić information content (AvgIpc) is 2.30. The van der Waals surface area contributed by atoms with Gasteiger partial charge in [0, 0.05) is 25.5 Å². The molecule has 3 N–H and O–H groups in total. The van der Waals surface area contributed by atoms with E-state index < -0.39 is 12.0 Å². The second-order valence-corrected chi connectivity index (χ2v) is 3.48. The monoisotopic (exact) mass is 207 g/mol. The van der Waals surface area contributed by atoms with E-state index in [1.54, 1.807) is 12.4 Å². The fraction of sp³-hybridized carbons (Fsp3) is 0.400. The fourth-order valence-electron chi connectivity index (χ4n) is 1.80. The molecule has 5 heteroatoms. The molecule has 1 aromatic heterocycles. The third-order valence-corrected chi connectivity index (χ3v) is 2.52. The highest BCUT2D eigenvalue weighted by molar-refractivity contribution is 5.75. The molecule has 0 spiro atoms. The van der Waals surface area contributed by atoms with Gasteiger partial charge in [0.1, 0.15) is 6.04 Å². The van der Waals surface area contributed by atoms with Gasteiger partial charge in [0.25, 0.3) is 0 Å². The highest BCUT2D eigenvalue weighted by Crippen LogP contribution is 2.18. The number of carbonyl (C=O) groups is 1. The third-order valence-electron chi connectivity index (χ3n) is 2.52. The topological polar surface area (TPSA) is 74.2 Å². The summed E-state index contributed by atoms with van der Waals surface area (Å²) < 4.78 is 0. The van der Waals surface area contributed by atoms with Crippen molar-refractivity contribution in [1.82, 2.24) is 15.6 Å². The van der Waals surface area contributed by atoms with Crippen LogP contribution in [0.4, 0.5) is 0 Å². The van der Waals surface area contributed by atoms with Crippen LogP contribution < -0.4 is 10.6 Å². The SMILES string of the molecule is O=C(O)C1NCCNC1c1ccncc1. The van der Waals surface area contributed by atoms with Crippen molar-refractivity contribution in [3.05, 3.63) is 30.1 Å². The number of aliphatic carboxylic acids is 1. The standard InChI is InChI=1S/C10H13N3O2/c14-10(15)9-8(12-5-6-13-9)7-1-3-11-4-2-7/h1-4,8-9,12-13H,5-6H2,(H,14,15). The number of aromatic nitrogens is 1. The summed E-state index contributed by atoms with van der Waals surface area (Å²) in [7, 11) is 0. The largest absolute Gasteiger partial charge is 0.480 e. The quantitative estimate of drug-likeness (QED) is 0.624. The van der Waals surface area contributed by atoms with Crippen molar-refractivity contribution in [2.24, 2.45) is 0 Å². The van der Waals surface area contributed by atoms with Crippen LogP contribution in [-0.2, 0) is 4.79 Å². The highest BCUT2D eigenvalue weighted by Gasteiger charge is 2.31. The molecule has 0 saturated carbocycles. The molecule has 2 unspecified atom stereocenters. The molecule has 1 aromatic rings. The summed E-state index contributed by atoms with van der Waals surface area (Å²) in [5.41, 5.74) is 0.949. The van der Waals surface area contributed by atoms with E-state index in [1.807, 2.05) is 12.1 Å². The van der Waals surface area contributed by atoms with Crippen molar-refractivity contribution < 1.29 is 9.90 Å². The van der Waals surface area contributed by atoms with Crippen molar-refractivity contribution in [2.75, 3.05) is 13.1 Å². The third kappa shape index (κ3) is 2.14. The van der Waals surface area contributed by atoms with Crippen LogP contribution in [0.1, 0.15) is 11.6 Å². The number of hydrogen-bond acceptors (Lipinski definition) is 4. The Morgan fingerprint density at radius 1 is 1.33 bits per heavy atom. The molecule has 2 heterocycles. The van der Waals surface area contributed by atoms with Gasteiger partial charge in [-0.25, -0.2) is 0 Å². The Kier molecular flexibility index (Phi) is 2.94. The van der Waals surface area contributed by atoms with E-state index >= 15 is 0 Å². The number of hydrogen-bond donors (Lipinski definition) is 3. The van der Waals surface area contributed by atoms with E-state index in [4.69, 9.17) is 5.11 Å². The smallest absolute Gasteiger partial charge is 0.322 e. The van der Waals surface area contributed by atoms with E-state index in [1.165, 1.54) is 0 Å². The zero-order valence-electron chi connectivity index (χ0n) is 8.18. The Bertz CT molecular complexity index is 342. The van der Waals surface area contributed by atoms with E-state index in [2.05, 4.69) is 15.6 Å². The minimum atomic E-state index is -0.830. The molecule has 80 valence electrons. The second kappa shape index (κ2) is 4.37. The van der Waals surface area contributed by atoms with Crippen LogP contribution in [0, 0.1) is 0 Å². The Labute approximate surface area is 87.5 Å². The normalized spacial score (nSPS) is 26.1. The second-order valence-electron chi connectivity index (χ2n) is 3.48. The number of piperazine rings is 1. The molecule has 1 fully saturated rings. The molecule has 1 aliphatic heterocycles. The first kappa shape index (κ1) is 10.1. The molecule has 0 bridgehead atoms. The molecule has 5 nitrogen and oxygen atoms in total. The van der Waals surface area contributed by atoms with Gasteiger partial charge in [0.05, 0.1) is 6.04 Å². The van der Waals surface area contributed by atoms with Crippen LogP contribution >= 0.6 is 0 Å². The van der Waals surface area contributed by atoms with Gasteiger partial charge in [-0.2, -0.15) is 0 Å². The molecule has 0 amide bonds. The van der Waals surface area contributed by atoms with E-state index in [-0.39, 0.29) is 6.04 Å². The number of carboxylic acid groups (broad SMARTS) is 1. The number of pyridine rings is 1. The van der Waals surface area contributed by atoms with Crippen molar-refractivity contribution in [2.45, 2.75) is 12.1 Å². The average molecular weight is 207 g/mol. The van der Waals surface area contributed by atoms with Gasteiger partial charge in [-0.05, 0) is 17.7 Å². The Hall–Kier alpha value is -1.46.